The second kappa shape index (κ2) is 4.55. The molecule has 0 atom stereocenters. The summed E-state index contributed by atoms with van der Waals surface area (Å²) in [4.78, 5) is 15.8. The van der Waals surface area contributed by atoms with Crippen LogP contribution in [0, 0.1) is 0 Å². The standard InChI is InChI=1S/C14H12N6O/c1-2-21-14-16-6-11-10(5-15-13(11)19-14)9-3-4-12-17-8-18-20(12)7-9/h3-8H,2H2,1H3,(H,15,16,19). The van der Waals surface area contributed by atoms with Crippen molar-refractivity contribution < 1.29 is 4.74 Å². The van der Waals surface area contributed by atoms with Crippen LogP contribution in [0.25, 0.3) is 27.8 Å². The highest BCUT2D eigenvalue weighted by Crippen LogP contribution is 2.28. The average Bonchev–Trinajstić information content (AvgIpc) is 3.12. The SMILES string of the molecule is CCOc1ncc2c(-c3ccc4ncnn4c3)c[nH]c2n1. The van der Waals surface area contributed by atoms with E-state index < -0.39 is 0 Å². The number of hydrogen-bond donors (Lipinski definition) is 1. The molecule has 21 heavy (non-hydrogen) atoms. The fraction of sp³-hybridized carbons (Fsp3) is 0.143. The van der Waals surface area contributed by atoms with Gasteiger partial charge in [0.15, 0.2) is 5.65 Å². The van der Waals surface area contributed by atoms with Crippen molar-refractivity contribution in [3.63, 3.8) is 0 Å². The molecule has 4 aromatic rings. The molecule has 4 rings (SSSR count). The molecule has 0 fully saturated rings. The van der Waals surface area contributed by atoms with Crippen LogP contribution in [0.1, 0.15) is 6.92 Å². The van der Waals surface area contributed by atoms with Gasteiger partial charge >= 0.3 is 6.01 Å². The number of pyridine rings is 1. The molecule has 0 unspecified atom stereocenters. The highest BCUT2D eigenvalue weighted by atomic mass is 16.5. The van der Waals surface area contributed by atoms with Crippen LogP contribution < -0.4 is 4.74 Å². The predicted molar refractivity (Wildman–Crippen MR) is 77.0 cm³/mol. The second-order valence-electron chi connectivity index (χ2n) is 4.53. The Morgan fingerprint density at radius 3 is 3.14 bits per heavy atom. The van der Waals surface area contributed by atoms with E-state index in [2.05, 4.69) is 25.0 Å². The number of ether oxygens (including phenoxy) is 1. The maximum Gasteiger partial charge on any atom is 0.318 e. The smallest absolute Gasteiger partial charge is 0.318 e. The molecule has 0 aromatic carbocycles. The van der Waals surface area contributed by atoms with Gasteiger partial charge in [0.25, 0.3) is 0 Å². The highest BCUT2D eigenvalue weighted by Gasteiger charge is 2.10. The van der Waals surface area contributed by atoms with Gasteiger partial charge in [-0.15, -0.1) is 0 Å². The van der Waals surface area contributed by atoms with Crippen LogP contribution in [0.2, 0.25) is 0 Å². The van der Waals surface area contributed by atoms with Crippen molar-refractivity contribution >= 4 is 16.7 Å². The monoisotopic (exact) mass is 280 g/mol. The van der Waals surface area contributed by atoms with E-state index in [9.17, 15) is 0 Å². The largest absolute Gasteiger partial charge is 0.464 e. The predicted octanol–water partition coefficient (Wildman–Crippen LogP) is 2.07. The van der Waals surface area contributed by atoms with E-state index in [-0.39, 0.29) is 0 Å². The molecule has 0 spiro atoms. The van der Waals surface area contributed by atoms with E-state index >= 15 is 0 Å². The normalized spacial score (nSPS) is 11.3. The molecule has 0 bridgehead atoms. The van der Waals surface area contributed by atoms with Gasteiger partial charge in [-0.3, -0.25) is 0 Å². The fourth-order valence-corrected chi connectivity index (χ4v) is 2.30. The summed E-state index contributed by atoms with van der Waals surface area (Å²) in [5, 5.41) is 5.09. The Morgan fingerprint density at radius 1 is 1.29 bits per heavy atom. The first-order valence-corrected chi connectivity index (χ1v) is 6.62. The molecule has 0 saturated carbocycles. The van der Waals surface area contributed by atoms with Gasteiger partial charge in [0.2, 0.25) is 0 Å². The minimum atomic E-state index is 0.380. The molecular formula is C14H12N6O. The van der Waals surface area contributed by atoms with Crippen molar-refractivity contribution in [1.82, 2.24) is 29.5 Å². The minimum Gasteiger partial charge on any atom is -0.464 e. The number of H-pyrrole nitrogens is 1. The summed E-state index contributed by atoms with van der Waals surface area (Å²) in [6.07, 6.45) is 7.14. The number of rotatable bonds is 3. The molecule has 1 N–H and O–H groups in total. The number of aromatic nitrogens is 6. The first-order valence-electron chi connectivity index (χ1n) is 6.62. The fourth-order valence-electron chi connectivity index (χ4n) is 2.30. The molecule has 4 heterocycles. The Labute approximate surface area is 119 Å². The van der Waals surface area contributed by atoms with E-state index in [1.54, 1.807) is 10.7 Å². The van der Waals surface area contributed by atoms with Crippen molar-refractivity contribution in [3.8, 4) is 17.1 Å². The maximum atomic E-state index is 5.31. The topological polar surface area (TPSA) is 81.0 Å². The molecular weight excluding hydrogens is 268 g/mol. The Hall–Kier alpha value is -2.96. The van der Waals surface area contributed by atoms with Gasteiger partial charge in [-0.2, -0.15) is 10.1 Å². The molecule has 104 valence electrons. The Kier molecular flexibility index (Phi) is 2.56. The van der Waals surface area contributed by atoms with Crippen molar-refractivity contribution in [2.24, 2.45) is 0 Å². The molecule has 7 nitrogen and oxygen atoms in total. The summed E-state index contributed by atoms with van der Waals surface area (Å²) in [7, 11) is 0. The van der Waals surface area contributed by atoms with Crippen LogP contribution in [-0.4, -0.2) is 36.2 Å². The zero-order valence-electron chi connectivity index (χ0n) is 11.3. The first kappa shape index (κ1) is 11.8. The quantitative estimate of drug-likeness (QED) is 0.621. The van der Waals surface area contributed by atoms with E-state index in [4.69, 9.17) is 4.74 Å². The maximum absolute atomic E-state index is 5.31. The van der Waals surface area contributed by atoms with E-state index in [0.29, 0.717) is 12.6 Å². The van der Waals surface area contributed by atoms with Crippen LogP contribution >= 0.6 is 0 Å². The molecule has 0 radical (unpaired) electrons. The lowest BCUT2D eigenvalue weighted by Gasteiger charge is -2.02. The number of nitrogens with zero attached hydrogens (tertiary/aromatic N) is 5. The van der Waals surface area contributed by atoms with Gasteiger partial charge in [-0.25, -0.2) is 14.5 Å². The zero-order chi connectivity index (χ0) is 14.2. The third kappa shape index (κ3) is 1.90. The summed E-state index contributed by atoms with van der Waals surface area (Å²) in [6, 6.07) is 4.31. The molecule has 0 amide bonds. The molecule has 0 aliphatic heterocycles. The van der Waals surface area contributed by atoms with Crippen molar-refractivity contribution in [2.75, 3.05) is 6.61 Å². The van der Waals surface area contributed by atoms with E-state index in [1.807, 2.05) is 31.5 Å². The lowest BCUT2D eigenvalue weighted by atomic mass is 10.1. The molecule has 0 aliphatic carbocycles. The summed E-state index contributed by atoms with van der Waals surface area (Å²) in [6.45, 7) is 2.45. The van der Waals surface area contributed by atoms with Gasteiger partial charge in [-0.1, -0.05) is 0 Å². The molecule has 0 saturated heterocycles. The second-order valence-corrected chi connectivity index (χ2v) is 4.53. The molecule has 7 heteroatoms. The highest BCUT2D eigenvalue weighted by molar-refractivity contribution is 5.93. The minimum absolute atomic E-state index is 0.380. The van der Waals surface area contributed by atoms with Crippen molar-refractivity contribution in [2.45, 2.75) is 6.92 Å². The van der Waals surface area contributed by atoms with Crippen molar-refractivity contribution in [1.29, 1.82) is 0 Å². The van der Waals surface area contributed by atoms with E-state index in [0.717, 1.165) is 27.8 Å². The number of nitrogens with one attached hydrogen (secondary N) is 1. The summed E-state index contributed by atoms with van der Waals surface area (Å²) < 4.78 is 7.05. The van der Waals surface area contributed by atoms with Gasteiger partial charge in [0, 0.05) is 35.1 Å². The van der Waals surface area contributed by atoms with Gasteiger partial charge in [0.05, 0.1) is 6.61 Å². The number of hydrogen-bond acceptors (Lipinski definition) is 5. The number of fused-ring (bicyclic) bond motifs is 2. The Bertz CT molecular complexity index is 925. The Morgan fingerprint density at radius 2 is 2.24 bits per heavy atom. The molecule has 0 aliphatic rings. The molecule has 4 aromatic heterocycles. The lowest BCUT2D eigenvalue weighted by molar-refractivity contribution is 0.314. The number of aromatic amines is 1. The third-order valence-electron chi connectivity index (χ3n) is 3.27. The third-order valence-corrected chi connectivity index (χ3v) is 3.27. The summed E-state index contributed by atoms with van der Waals surface area (Å²) >= 11 is 0. The van der Waals surface area contributed by atoms with E-state index in [1.165, 1.54) is 6.33 Å². The Balaban J connectivity index is 1.85. The van der Waals surface area contributed by atoms with Crippen LogP contribution in [0.15, 0.2) is 37.1 Å². The summed E-state index contributed by atoms with van der Waals surface area (Å²) in [5.41, 5.74) is 3.60. The first-order chi connectivity index (χ1) is 10.3. The lowest BCUT2D eigenvalue weighted by Crippen LogP contribution is -1.96. The van der Waals surface area contributed by atoms with Gasteiger partial charge in [0.1, 0.15) is 12.0 Å². The van der Waals surface area contributed by atoms with Crippen molar-refractivity contribution in [3.05, 3.63) is 37.1 Å². The van der Waals surface area contributed by atoms with Crippen LogP contribution in [0.5, 0.6) is 6.01 Å². The van der Waals surface area contributed by atoms with Gasteiger partial charge in [-0.05, 0) is 19.1 Å². The summed E-state index contributed by atoms with van der Waals surface area (Å²) in [5.74, 6) is 0. The van der Waals surface area contributed by atoms with Crippen LogP contribution in [0.3, 0.4) is 0 Å². The average molecular weight is 280 g/mol. The zero-order valence-corrected chi connectivity index (χ0v) is 11.3. The van der Waals surface area contributed by atoms with Crippen LogP contribution in [-0.2, 0) is 0 Å². The van der Waals surface area contributed by atoms with Crippen LogP contribution in [0.4, 0.5) is 0 Å². The van der Waals surface area contributed by atoms with Gasteiger partial charge < -0.3 is 9.72 Å².